The van der Waals surface area contributed by atoms with Crippen molar-refractivity contribution in [2.24, 2.45) is 16.2 Å². The van der Waals surface area contributed by atoms with Crippen molar-refractivity contribution < 1.29 is 36.3 Å². The fourth-order valence-electron chi connectivity index (χ4n) is 4.92. The molecule has 3 saturated heterocycles. The second kappa shape index (κ2) is 10.8. The van der Waals surface area contributed by atoms with Crippen LogP contribution in [0.5, 0.6) is 0 Å². The summed E-state index contributed by atoms with van der Waals surface area (Å²) in [5, 5.41) is 0. The Hall–Kier alpha value is -0.260. The summed E-state index contributed by atoms with van der Waals surface area (Å²) in [6.07, 6.45) is 5.17. The van der Waals surface area contributed by atoms with Crippen LogP contribution in [-0.2, 0) is 54.8 Å². The van der Waals surface area contributed by atoms with E-state index in [1.807, 2.05) is 48.5 Å². The van der Waals surface area contributed by atoms with Crippen LogP contribution in [0.25, 0.3) is 0 Å². The van der Waals surface area contributed by atoms with Crippen molar-refractivity contribution in [3.05, 3.63) is 33.4 Å². The second-order valence-corrected chi connectivity index (χ2v) is 20.5. The van der Waals surface area contributed by atoms with Gasteiger partial charge in [0.1, 0.15) is 7.34 Å². The third kappa shape index (κ3) is 7.39. The number of benzene rings is 1. The summed E-state index contributed by atoms with van der Waals surface area (Å²) in [6, 6.07) is 0. The van der Waals surface area contributed by atoms with Gasteiger partial charge in [-0.25, -0.2) is 0 Å². The third-order valence-corrected chi connectivity index (χ3v) is 13.3. The first-order chi connectivity index (χ1) is 17.8. The van der Waals surface area contributed by atoms with Gasteiger partial charge in [-0.2, -0.15) is 0 Å². The molecule has 8 nitrogen and oxygen atoms in total. The molecule has 0 N–H and O–H groups in total. The quantitative estimate of drug-likeness (QED) is 0.302. The van der Waals surface area contributed by atoms with E-state index in [1.54, 1.807) is 0 Å². The van der Waals surface area contributed by atoms with E-state index >= 15 is 0 Å². The Morgan fingerprint density at radius 1 is 0.538 bits per heavy atom. The van der Waals surface area contributed by atoms with Gasteiger partial charge >= 0.3 is 15.2 Å². The van der Waals surface area contributed by atoms with E-state index in [-0.39, 0.29) is 28.6 Å². The van der Waals surface area contributed by atoms with Gasteiger partial charge in [-0.05, 0) is 54.2 Å². The minimum atomic E-state index is -3.38. The summed E-state index contributed by atoms with van der Waals surface area (Å²) < 4.78 is 63.5. The summed E-state index contributed by atoms with van der Waals surface area (Å²) in [7, 11) is -9.20. The molecule has 4 rings (SSSR count). The number of hydrogen-bond acceptors (Lipinski definition) is 8. The van der Waals surface area contributed by atoms with E-state index in [1.165, 1.54) is 0 Å². The minimum absolute atomic E-state index is 0.0689. The Balaban J connectivity index is 1.74. The van der Waals surface area contributed by atoms with Gasteiger partial charge in [0.15, 0.2) is 0 Å². The Kier molecular flexibility index (Phi) is 8.75. The molecule has 1 aromatic carbocycles. The summed E-state index contributed by atoms with van der Waals surface area (Å²) in [5.41, 5.74) is 5.20. The van der Waals surface area contributed by atoms with E-state index in [2.05, 4.69) is 20.1 Å². The molecule has 3 heterocycles. The number of hydrogen-bond donors (Lipinski definition) is 0. The molecule has 0 bridgehead atoms. The number of rotatable bonds is 6. The van der Waals surface area contributed by atoms with Gasteiger partial charge < -0.3 is 27.1 Å². The molecular weight excluding hydrogens is 557 g/mol. The van der Waals surface area contributed by atoms with Gasteiger partial charge in [-0.1, -0.05) is 47.8 Å². The zero-order valence-corrected chi connectivity index (χ0v) is 27.9. The van der Waals surface area contributed by atoms with Crippen molar-refractivity contribution in [3.63, 3.8) is 0 Å². The first-order valence-corrected chi connectivity index (χ1v) is 19.1. The molecule has 0 saturated carbocycles. The highest BCUT2D eigenvalue weighted by Gasteiger charge is 2.41. The molecule has 0 spiro atoms. The van der Waals surface area contributed by atoms with E-state index in [0.717, 1.165) is 33.4 Å². The average Bonchev–Trinajstić information content (AvgIpc) is 2.85. The lowest BCUT2D eigenvalue weighted by molar-refractivity contribution is 0.0408. The third-order valence-electron chi connectivity index (χ3n) is 7.81. The van der Waals surface area contributed by atoms with E-state index in [0.29, 0.717) is 45.8 Å². The molecule has 39 heavy (non-hydrogen) atoms. The normalized spacial score (nSPS) is 26.7. The Labute approximate surface area is 235 Å². The van der Waals surface area contributed by atoms with Crippen molar-refractivity contribution in [3.8, 4) is 0 Å². The van der Waals surface area contributed by atoms with Gasteiger partial charge in [-0.15, -0.1) is 0 Å². The van der Waals surface area contributed by atoms with Crippen LogP contribution in [0.4, 0.5) is 0 Å². The fraction of sp³-hybridized carbons (Fsp3) is 0.750. The molecule has 0 aromatic heterocycles. The van der Waals surface area contributed by atoms with Crippen molar-refractivity contribution in [2.75, 3.05) is 39.6 Å². The van der Waals surface area contributed by atoms with Crippen molar-refractivity contribution in [1.82, 2.24) is 0 Å². The first kappa shape index (κ1) is 31.7. The zero-order chi connectivity index (χ0) is 29.1. The minimum Gasteiger partial charge on any atom is -0.337 e. The molecule has 1 aromatic rings. The molecule has 3 aliphatic heterocycles. The van der Waals surface area contributed by atoms with Gasteiger partial charge in [-0.3, -0.25) is 9.13 Å². The Morgan fingerprint density at radius 2 is 0.795 bits per heavy atom. The van der Waals surface area contributed by atoms with Crippen LogP contribution in [0.15, 0.2) is 0 Å². The average molecular weight is 605 g/mol. The maximum absolute atomic E-state index is 13.7. The Bertz CT molecular complexity index is 1050. The Morgan fingerprint density at radius 3 is 1.10 bits per heavy atom. The molecule has 3 aliphatic rings. The summed E-state index contributed by atoms with van der Waals surface area (Å²) in [4.78, 5) is 0. The lowest BCUT2D eigenvalue weighted by atomic mass is 9.90. The van der Waals surface area contributed by atoms with E-state index in [9.17, 15) is 9.13 Å². The van der Waals surface area contributed by atoms with Crippen LogP contribution in [0.2, 0.25) is 0 Å². The lowest BCUT2D eigenvalue weighted by Gasteiger charge is -2.39. The molecule has 0 unspecified atom stereocenters. The van der Waals surface area contributed by atoms with Crippen molar-refractivity contribution in [1.29, 1.82) is 0 Å². The maximum atomic E-state index is 13.7. The van der Waals surface area contributed by atoms with Crippen molar-refractivity contribution in [2.45, 2.75) is 80.8 Å². The molecular formula is C28H47O8P3. The predicted octanol–water partition coefficient (Wildman–Crippen LogP) is 8.00. The van der Waals surface area contributed by atoms with Gasteiger partial charge in [0.2, 0.25) is 0 Å². The first-order valence-electron chi connectivity index (χ1n) is 13.6. The van der Waals surface area contributed by atoms with Gasteiger partial charge in [0, 0.05) is 22.4 Å². The van der Waals surface area contributed by atoms with Crippen LogP contribution < -0.4 is 0 Å². The topological polar surface area (TPSA) is 89.5 Å². The summed E-state index contributed by atoms with van der Waals surface area (Å²) in [6.45, 7) is 21.0. The highest BCUT2D eigenvalue weighted by atomic mass is 31.2. The summed E-state index contributed by atoms with van der Waals surface area (Å²) >= 11 is 0. The molecule has 222 valence electrons. The van der Waals surface area contributed by atoms with E-state index < -0.39 is 22.5 Å². The zero-order valence-electron chi connectivity index (χ0n) is 25.2. The lowest BCUT2D eigenvalue weighted by Crippen LogP contribution is -2.30. The predicted molar refractivity (Wildman–Crippen MR) is 158 cm³/mol. The van der Waals surface area contributed by atoms with Crippen LogP contribution in [0, 0.1) is 37.0 Å². The standard InChI is InChI=1S/C28H47O8P3/c1-20-23(11-37(10)31-14-26(4,5)15-32-37)21(2)25(13-39(30)35-18-28(8,9)19-36-39)22(3)24(20)12-38(29)33-16-27(6,7)17-34-38/h10-19H2,1-9H3. The molecule has 0 aliphatic carbocycles. The smallest absolute Gasteiger partial charge is 0.335 e. The SMILES string of the molecule is C=P1(Cc2c(C)c(CP3(=O)OCC(C)(C)CO3)c(C)c(CP3(=O)OCC(C)(C)CO3)c2C)OCC(C)(C)CO1. The van der Waals surface area contributed by atoms with E-state index in [4.69, 9.17) is 27.1 Å². The molecule has 0 radical (unpaired) electrons. The van der Waals surface area contributed by atoms with Gasteiger partial charge in [0.25, 0.3) is 0 Å². The van der Waals surface area contributed by atoms with Crippen LogP contribution in [-0.4, -0.2) is 45.9 Å². The second-order valence-electron chi connectivity index (χ2n) is 14.0. The highest BCUT2D eigenvalue weighted by Crippen LogP contribution is 2.61. The van der Waals surface area contributed by atoms with Crippen LogP contribution in [0.3, 0.4) is 0 Å². The highest BCUT2D eigenvalue weighted by molar-refractivity contribution is 7.63. The van der Waals surface area contributed by atoms with Gasteiger partial charge in [0.05, 0.1) is 52.0 Å². The summed E-state index contributed by atoms with van der Waals surface area (Å²) in [5.74, 6) is 0. The monoisotopic (exact) mass is 604 g/mol. The van der Waals surface area contributed by atoms with Crippen LogP contribution in [0.1, 0.15) is 74.9 Å². The van der Waals surface area contributed by atoms with Crippen molar-refractivity contribution >= 4 is 28.8 Å². The largest absolute Gasteiger partial charge is 0.337 e. The molecule has 3 fully saturated rings. The fourth-order valence-corrected chi connectivity index (χ4v) is 11.7. The molecule has 0 atom stereocenters. The maximum Gasteiger partial charge on any atom is 0.335 e. The molecule has 0 amide bonds. The van der Waals surface area contributed by atoms with Crippen LogP contribution >= 0.6 is 22.5 Å². The molecule has 11 heteroatoms.